The van der Waals surface area contributed by atoms with Gasteiger partial charge in [-0.3, -0.25) is 4.79 Å². The number of nitrogens with zero attached hydrogens (tertiary/aromatic N) is 5. The van der Waals surface area contributed by atoms with Gasteiger partial charge in [-0.05, 0) is 19.9 Å². The predicted molar refractivity (Wildman–Crippen MR) is 84.7 cm³/mol. The molecule has 1 N–H and O–H groups in total. The number of sulfonamides is 1. The van der Waals surface area contributed by atoms with Crippen molar-refractivity contribution in [3.63, 3.8) is 0 Å². The van der Waals surface area contributed by atoms with Crippen LogP contribution in [0.25, 0.3) is 5.95 Å². The Morgan fingerprint density at radius 1 is 1.30 bits per heavy atom. The van der Waals surface area contributed by atoms with E-state index in [9.17, 15) is 13.2 Å². The largest absolute Gasteiger partial charge is 0.322 e. The quantitative estimate of drug-likeness (QED) is 0.828. The Bertz CT molecular complexity index is 813. The zero-order valence-corrected chi connectivity index (χ0v) is 14.1. The maximum absolute atomic E-state index is 11.8. The summed E-state index contributed by atoms with van der Waals surface area (Å²) >= 11 is 0. The molecule has 0 bridgehead atoms. The average molecular weight is 338 g/mol. The number of nitrogens with one attached hydrogen (secondary N) is 1. The van der Waals surface area contributed by atoms with Crippen LogP contribution in [0.1, 0.15) is 11.4 Å². The number of hydrogen-bond donors (Lipinski definition) is 1. The van der Waals surface area contributed by atoms with Gasteiger partial charge in [0.2, 0.25) is 15.9 Å². The highest BCUT2D eigenvalue weighted by atomic mass is 32.2. The standard InChI is InChI=1S/C13H18N6O3S/c1-9-5-10(2)19(17-9)13-14-6-11(7-15-13)16-12(20)8-18(3)23(4,21)22/h5-7H,8H2,1-4H3,(H,16,20). The molecule has 0 aliphatic heterocycles. The fraction of sp³-hybridized carbons (Fsp3) is 0.385. The van der Waals surface area contributed by atoms with Crippen molar-refractivity contribution in [1.82, 2.24) is 24.1 Å². The molecular formula is C13H18N6O3S. The highest BCUT2D eigenvalue weighted by Gasteiger charge is 2.15. The maximum Gasteiger partial charge on any atom is 0.250 e. The van der Waals surface area contributed by atoms with Crippen LogP contribution in [0, 0.1) is 13.8 Å². The van der Waals surface area contributed by atoms with E-state index in [0.717, 1.165) is 21.9 Å². The Balaban J connectivity index is 2.06. The Labute approximate surface area is 134 Å². The van der Waals surface area contributed by atoms with Gasteiger partial charge in [0.05, 0.1) is 36.6 Å². The van der Waals surface area contributed by atoms with Crippen molar-refractivity contribution >= 4 is 21.6 Å². The van der Waals surface area contributed by atoms with Gasteiger partial charge in [-0.25, -0.2) is 23.1 Å². The number of carbonyl (C=O) groups is 1. The van der Waals surface area contributed by atoms with E-state index in [1.807, 2.05) is 19.9 Å². The number of carbonyl (C=O) groups excluding carboxylic acids is 1. The van der Waals surface area contributed by atoms with Crippen LogP contribution in [-0.4, -0.2) is 58.2 Å². The molecule has 0 unspecified atom stereocenters. The van der Waals surface area contributed by atoms with E-state index in [0.29, 0.717) is 11.6 Å². The lowest BCUT2D eigenvalue weighted by atomic mass is 10.4. The fourth-order valence-corrected chi connectivity index (χ4v) is 2.20. The van der Waals surface area contributed by atoms with Gasteiger partial charge in [-0.1, -0.05) is 0 Å². The van der Waals surface area contributed by atoms with Crippen LogP contribution < -0.4 is 5.32 Å². The van der Waals surface area contributed by atoms with Crippen molar-refractivity contribution in [3.05, 3.63) is 29.8 Å². The molecule has 2 aromatic rings. The third-order valence-corrected chi connectivity index (χ3v) is 4.31. The summed E-state index contributed by atoms with van der Waals surface area (Å²) < 4.78 is 25.1. The summed E-state index contributed by atoms with van der Waals surface area (Å²) in [5, 5.41) is 6.81. The number of aromatic nitrogens is 4. The van der Waals surface area contributed by atoms with Crippen molar-refractivity contribution in [2.75, 3.05) is 25.2 Å². The second-order valence-corrected chi connectivity index (χ2v) is 7.27. The molecular weight excluding hydrogens is 320 g/mol. The van der Waals surface area contributed by atoms with Crippen LogP contribution in [0.4, 0.5) is 5.69 Å². The molecule has 9 nitrogen and oxygen atoms in total. The van der Waals surface area contributed by atoms with Gasteiger partial charge >= 0.3 is 0 Å². The van der Waals surface area contributed by atoms with Crippen LogP contribution in [0.15, 0.2) is 18.5 Å². The first-order valence-corrected chi connectivity index (χ1v) is 8.58. The minimum Gasteiger partial charge on any atom is -0.322 e. The Kier molecular flexibility index (Phi) is 4.76. The third-order valence-electron chi connectivity index (χ3n) is 3.05. The van der Waals surface area contributed by atoms with Crippen LogP contribution in [0.3, 0.4) is 0 Å². The first-order valence-electron chi connectivity index (χ1n) is 6.73. The van der Waals surface area contributed by atoms with E-state index in [1.54, 1.807) is 4.68 Å². The number of aryl methyl sites for hydroxylation is 2. The Morgan fingerprint density at radius 3 is 2.39 bits per heavy atom. The minimum atomic E-state index is -3.41. The van der Waals surface area contributed by atoms with E-state index in [2.05, 4.69) is 20.4 Å². The second kappa shape index (κ2) is 6.42. The zero-order chi connectivity index (χ0) is 17.2. The Hall–Kier alpha value is -2.33. The number of likely N-dealkylation sites (N-methyl/N-ethyl adjacent to an activating group) is 1. The van der Waals surface area contributed by atoms with Gasteiger partial charge in [0.15, 0.2) is 0 Å². The number of rotatable bonds is 5. The SMILES string of the molecule is Cc1cc(C)n(-c2ncc(NC(=O)CN(C)S(C)(=O)=O)cn2)n1. The molecule has 23 heavy (non-hydrogen) atoms. The van der Waals surface area contributed by atoms with Crippen molar-refractivity contribution in [1.29, 1.82) is 0 Å². The van der Waals surface area contributed by atoms with Crippen LogP contribution in [-0.2, 0) is 14.8 Å². The summed E-state index contributed by atoms with van der Waals surface area (Å²) in [5.74, 6) is -0.0813. The minimum absolute atomic E-state index is 0.280. The molecule has 0 aromatic carbocycles. The molecule has 1 amide bonds. The number of amides is 1. The maximum atomic E-state index is 11.8. The van der Waals surface area contributed by atoms with Gasteiger partial charge in [-0.2, -0.15) is 9.40 Å². The van der Waals surface area contributed by atoms with Gasteiger partial charge in [0.1, 0.15) is 0 Å². The molecule has 2 rings (SSSR count). The fourth-order valence-electron chi connectivity index (χ4n) is 1.85. The summed E-state index contributed by atoms with van der Waals surface area (Å²) in [6, 6.07) is 1.90. The van der Waals surface area contributed by atoms with Gasteiger partial charge in [0.25, 0.3) is 5.95 Å². The van der Waals surface area contributed by atoms with E-state index in [1.165, 1.54) is 19.4 Å². The van der Waals surface area contributed by atoms with E-state index < -0.39 is 15.9 Å². The molecule has 0 saturated heterocycles. The monoisotopic (exact) mass is 338 g/mol. The third kappa shape index (κ3) is 4.33. The second-order valence-electron chi connectivity index (χ2n) is 5.18. The van der Waals surface area contributed by atoms with Crippen molar-refractivity contribution in [2.24, 2.45) is 0 Å². The summed E-state index contributed by atoms with van der Waals surface area (Å²) in [4.78, 5) is 20.1. The lowest BCUT2D eigenvalue weighted by molar-refractivity contribution is -0.116. The van der Waals surface area contributed by atoms with Crippen molar-refractivity contribution in [3.8, 4) is 5.95 Å². The van der Waals surface area contributed by atoms with Gasteiger partial charge in [-0.15, -0.1) is 0 Å². The highest BCUT2D eigenvalue weighted by molar-refractivity contribution is 7.88. The van der Waals surface area contributed by atoms with Crippen LogP contribution in [0.5, 0.6) is 0 Å². The molecule has 124 valence electrons. The molecule has 0 aliphatic rings. The summed E-state index contributed by atoms with van der Waals surface area (Å²) in [7, 11) is -2.08. The number of hydrogen-bond acceptors (Lipinski definition) is 6. The van der Waals surface area contributed by atoms with E-state index >= 15 is 0 Å². The van der Waals surface area contributed by atoms with Gasteiger partial charge in [0, 0.05) is 12.7 Å². The normalized spacial score (nSPS) is 11.7. The average Bonchev–Trinajstić information content (AvgIpc) is 2.77. The lowest BCUT2D eigenvalue weighted by Crippen LogP contribution is -2.34. The molecule has 0 radical (unpaired) electrons. The topological polar surface area (TPSA) is 110 Å². The predicted octanol–water partition coefficient (Wildman–Crippen LogP) is 0.109. The summed E-state index contributed by atoms with van der Waals surface area (Å²) in [6.07, 6.45) is 3.92. The molecule has 2 aromatic heterocycles. The molecule has 10 heteroatoms. The zero-order valence-electron chi connectivity index (χ0n) is 13.3. The first-order chi connectivity index (χ1) is 10.7. The first kappa shape index (κ1) is 17.0. The van der Waals surface area contributed by atoms with Crippen molar-refractivity contribution < 1.29 is 13.2 Å². The molecule has 0 aliphatic carbocycles. The van der Waals surface area contributed by atoms with Crippen LogP contribution >= 0.6 is 0 Å². The molecule has 0 fully saturated rings. The number of anilines is 1. The smallest absolute Gasteiger partial charge is 0.250 e. The molecule has 2 heterocycles. The lowest BCUT2D eigenvalue weighted by Gasteiger charge is -2.13. The van der Waals surface area contributed by atoms with Crippen molar-refractivity contribution in [2.45, 2.75) is 13.8 Å². The van der Waals surface area contributed by atoms with Gasteiger partial charge < -0.3 is 5.32 Å². The highest BCUT2D eigenvalue weighted by Crippen LogP contribution is 2.09. The Morgan fingerprint density at radius 2 is 1.91 bits per heavy atom. The molecule has 0 atom stereocenters. The molecule has 0 spiro atoms. The van der Waals surface area contributed by atoms with E-state index in [4.69, 9.17) is 0 Å². The summed E-state index contributed by atoms with van der Waals surface area (Å²) in [5.41, 5.74) is 2.13. The summed E-state index contributed by atoms with van der Waals surface area (Å²) in [6.45, 7) is 3.48. The molecule has 0 saturated carbocycles. The van der Waals surface area contributed by atoms with Crippen LogP contribution in [0.2, 0.25) is 0 Å². The van der Waals surface area contributed by atoms with E-state index in [-0.39, 0.29) is 6.54 Å².